The first-order valence-corrected chi connectivity index (χ1v) is 8.09. The van der Waals surface area contributed by atoms with Crippen LogP contribution < -0.4 is 0 Å². The average molecular weight is 323 g/mol. The van der Waals surface area contributed by atoms with Crippen molar-refractivity contribution in [3.8, 4) is 0 Å². The molecule has 124 valence electrons. The number of carbonyl (C=O) groups excluding carboxylic acids is 1. The van der Waals surface area contributed by atoms with Gasteiger partial charge in [0.1, 0.15) is 11.5 Å². The van der Waals surface area contributed by atoms with Gasteiger partial charge in [-0.1, -0.05) is 29.8 Å². The highest BCUT2D eigenvalue weighted by Gasteiger charge is 2.17. The van der Waals surface area contributed by atoms with E-state index in [0.717, 1.165) is 17.9 Å². The Labute approximate surface area is 141 Å². The van der Waals surface area contributed by atoms with Gasteiger partial charge in [-0.3, -0.25) is 4.79 Å². The van der Waals surface area contributed by atoms with Crippen LogP contribution in [0.1, 0.15) is 29.1 Å². The first kappa shape index (κ1) is 16.1. The smallest absolute Gasteiger partial charge is 0.223 e. The van der Waals surface area contributed by atoms with Crippen molar-refractivity contribution in [1.82, 2.24) is 4.90 Å². The summed E-state index contributed by atoms with van der Waals surface area (Å²) in [4.78, 5) is 14.5. The number of amides is 1. The number of aryl methyl sites for hydroxylation is 2. The van der Waals surface area contributed by atoms with Gasteiger partial charge >= 0.3 is 0 Å². The topological polar surface area (TPSA) is 46.6 Å². The van der Waals surface area contributed by atoms with E-state index >= 15 is 0 Å². The summed E-state index contributed by atoms with van der Waals surface area (Å²) in [6.07, 6.45) is 4.44. The lowest BCUT2D eigenvalue weighted by Gasteiger charge is -2.20. The van der Waals surface area contributed by atoms with Gasteiger partial charge in [-0.15, -0.1) is 0 Å². The summed E-state index contributed by atoms with van der Waals surface area (Å²) >= 11 is 0. The number of hydrogen-bond acceptors (Lipinski definition) is 3. The molecule has 0 atom stereocenters. The van der Waals surface area contributed by atoms with E-state index in [1.54, 1.807) is 17.4 Å². The van der Waals surface area contributed by atoms with Gasteiger partial charge in [-0.2, -0.15) is 0 Å². The number of carbonyl (C=O) groups is 1. The largest absolute Gasteiger partial charge is 0.467 e. The zero-order valence-corrected chi connectivity index (χ0v) is 13.8. The first-order valence-electron chi connectivity index (χ1n) is 8.09. The van der Waals surface area contributed by atoms with Crippen molar-refractivity contribution in [3.63, 3.8) is 0 Å². The van der Waals surface area contributed by atoms with Crippen LogP contribution in [0.25, 0.3) is 0 Å². The third-order valence-electron chi connectivity index (χ3n) is 3.92. The van der Waals surface area contributed by atoms with E-state index in [0.29, 0.717) is 19.5 Å². The fraction of sp³-hybridized carbons (Fsp3) is 0.250. The molecular formula is C20H21NO3. The van der Waals surface area contributed by atoms with Crippen LogP contribution in [0, 0.1) is 6.92 Å². The van der Waals surface area contributed by atoms with Crippen LogP contribution in [0.3, 0.4) is 0 Å². The minimum atomic E-state index is 0.0873. The van der Waals surface area contributed by atoms with E-state index in [-0.39, 0.29) is 5.91 Å². The average Bonchev–Trinajstić information content (AvgIpc) is 3.26. The number of benzene rings is 1. The molecule has 24 heavy (non-hydrogen) atoms. The molecule has 1 amide bonds. The third-order valence-corrected chi connectivity index (χ3v) is 3.92. The highest BCUT2D eigenvalue weighted by Crippen LogP contribution is 2.14. The lowest BCUT2D eigenvalue weighted by atomic mass is 10.1. The summed E-state index contributed by atoms with van der Waals surface area (Å²) in [6.45, 7) is 2.95. The number of rotatable bonds is 7. The summed E-state index contributed by atoms with van der Waals surface area (Å²) in [5, 5.41) is 0. The lowest BCUT2D eigenvalue weighted by Crippen LogP contribution is -2.30. The SMILES string of the molecule is Cc1cccc(CCC(=O)N(Cc2ccco2)Cc2ccco2)c1. The molecule has 0 saturated heterocycles. The van der Waals surface area contributed by atoms with Gasteiger partial charge < -0.3 is 13.7 Å². The lowest BCUT2D eigenvalue weighted by molar-refractivity contribution is -0.133. The summed E-state index contributed by atoms with van der Waals surface area (Å²) in [6, 6.07) is 15.7. The molecule has 4 nitrogen and oxygen atoms in total. The van der Waals surface area contributed by atoms with E-state index in [4.69, 9.17) is 8.83 Å². The molecule has 0 unspecified atom stereocenters. The molecule has 1 aromatic carbocycles. The van der Waals surface area contributed by atoms with Crippen LogP contribution in [-0.2, 0) is 24.3 Å². The van der Waals surface area contributed by atoms with Gasteiger partial charge in [-0.25, -0.2) is 0 Å². The molecule has 0 fully saturated rings. The molecule has 0 aliphatic heterocycles. The van der Waals surface area contributed by atoms with Gasteiger partial charge in [0.15, 0.2) is 0 Å². The van der Waals surface area contributed by atoms with Crippen molar-refractivity contribution in [2.45, 2.75) is 32.9 Å². The molecule has 0 aliphatic rings. The maximum Gasteiger partial charge on any atom is 0.223 e. The van der Waals surface area contributed by atoms with Crippen molar-refractivity contribution < 1.29 is 13.6 Å². The van der Waals surface area contributed by atoms with E-state index in [1.165, 1.54) is 11.1 Å². The quantitative estimate of drug-likeness (QED) is 0.649. The normalized spacial score (nSPS) is 10.7. The van der Waals surface area contributed by atoms with E-state index < -0.39 is 0 Å². The summed E-state index contributed by atoms with van der Waals surface area (Å²) in [5.41, 5.74) is 2.39. The predicted octanol–water partition coefficient (Wildman–Crippen LogP) is 4.34. The molecule has 0 radical (unpaired) electrons. The van der Waals surface area contributed by atoms with Crippen molar-refractivity contribution in [3.05, 3.63) is 83.7 Å². The fourth-order valence-corrected chi connectivity index (χ4v) is 2.69. The molecule has 0 aliphatic carbocycles. The van der Waals surface area contributed by atoms with Crippen LogP contribution in [0.4, 0.5) is 0 Å². The minimum absolute atomic E-state index is 0.0873. The van der Waals surface area contributed by atoms with Crippen molar-refractivity contribution in [2.75, 3.05) is 0 Å². The van der Waals surface area contributed by atoms with Crippen LogP contribution >= 0.6 is 0 Å². The highest BCUT2D eigenvalue weighted by molar-refractivity contribution is 5.76. The van der Waals surface area contributed by atoms with Crippen LogP contribution in [0.15, 0.2) is 69.9 Å². The Kier molecular flexibility index (Phi) is 5.16. The van der Waals surface area contributed by atoms with E-state index in [1.807, 2.05) is 30.3 Å². The monoisotopic (exact) mass is 323 g/mol. The molecule has 3 aromatic rings. The maximum absolute atomic E-state index is 12.7. The summed E-state index contributed by atoms with van der Waals surface area (Å²) in [7, 11) is 0. The predicted molar refractivity (Wildman–Crippen MR) is 91.2 cm³/mol. The van der Waals surface area contributed by atoms with E-state index in [2.05, 4.69) is 25.1 Å². The Morgan fingerprint density at radius 2 is 1.62 bits per heavy atom. The Balaban J connectivity index is 1.65. The number of nitrogens with zero attached hydrogens (tertiary/aromatic N) is 1. The molecule has 2 aromatic heterocycles. The van der Waals surface area contributed by atoms with Crippen LogP contribution in [0.2, 0.25) is 0 Å². The zero-order valence-electron chi connectivity index (χ0n) is 13.8. The number of furan rings is 2. The Hall–Kier alpha value is -2.75. The molecule has 0 saturated carbocycles. The summed E-state index contributed by atoms with van der Waals surface area (Å²) in [5.74, 6) is 1.63. The molecular weight excluding hydrogens is 302 g/mol. The van der Waals surface area contributed by atoms with Gasteiger partial charge in [0.25, 0.3) is 0 Å². The van der Waals surface area contributed by atoms with Gasteiger partial charge in [0, 0.05) is 6.42 Å². The molecule has 0 N–H and O–H groups in total. The standard InChI is InChI=1S/C20H21NO3/c1-16-5-2-6-17(13-16)9-10-20(22)21(14-18-7-3-11-23-18)15-19-8-4-12-24-19/h2-8,11-13H,9-10,14-15H2,1H3. The second-order valence-electron chi connectivity index (χ2n) is 5.90. The zero-order chi connectivity index (χ0) is 16.8. The van der Waals surface area contributed by atoms with E-state index in [9.17, 15) is 4.79 Å². The highest BCUT2D eigenvalue weighted by atomic mass is 16.3. The van der Waals surface area contributed by atoms with Crippen molar-refractivity contribution in [1.29, 1.82) is 0 Å². The second-order valence-corrected chi connectivity index (χ2v) is 5.90. The maximum atomic E-state index is 12.7. The first-order chi connectivity index (χ1) is 11.7. The van der Waals surface area contributed by atoms with Gasteiger partial charge in [-0.05, 0) is 43.2 Å². The van der Waals surface area contributed by atoms with Crippen molar-refractivity contribution >= 4 is 5.91 Å². The minimum Gasteiger partial charge on any atom is -0.467 e. The number of hydrogen-bond donors (Lipinski definition) is 0. The molecule has 3 rings (SSSR count). The molecule has 4 heteroatoms. The molecule has 0 bridgehead atoms. The van der Waals surface area contributed by atoms with Gasteiger partial charge in [0.2, 0.25) is 5.91 Å². The summed E-state index contributed by atoms with van der Waals surface area (Å²) < 4.78 is 10.8. The molecule has 0 spiro atoms. The Bertz CT molecular complexity index is 724. The third kappa shape index (κ3) is 4.38. The van der Waals surface area contributed by atoms with Crippen molar-refractivity contribution in [2.24, 2.45) is 0 Å². The van der Waals surface area contributed by atoms with Gasteiger partial charge in [0.05, 0.1) is 25.6 Å². The second kappa shape index (κ2) is 7.68. The Morgan fingerprint density at radius 3 is 2.17 bits per heavy atom. The Morgan fingerprint density at radius 1 is 0.958 bits per heavy atom. The fourth-order valence-electron chi connectivity index (χ4n) is 2.69. The van der Waals surface area contributed by atoms with Crippen LogP contribution in [-0.4, -0.2) is 10.8 Å². The molecule has 2 heterocycles. The van der Waals surface area contributed by atoms with Crippen LogP contribution in [0.5, 0.6) is 0 Å².